The molecule has 0 aromatic carbocycles. The molecule has 1 atom stereocenters. The standard InChI is InChI=1S/C72H132O6/c1-4-7-10-13-16-19-22-24-26-27-28-29-30-31-32-33-34-35-36-37-38-39-40-41-42-43-44-45-47-48-50-53-56-59-62-65-71(74)77-68-69(67-76-70(73)64-61-58-55-52-21-18-15-12-9-6-3)78-72(75)66-63-60-57-54-51-49-46-25-23-20-17-14-11-8-5-2/h17,20,22,24-25,27-28,46,69H,4-16,18-19,21,23,26,29-45,47-68H2,1-3H3/b20-17-,24-22-,28-27-,46-25-. The van der Waals surface area contributed by atoms with Crippen molar-refractivity contribution < 1.29 is 28.6 Å². The third-order valence-electron chi connectivity index (χ3n) is 15.6. The number of esters is 3. The highest BCUT2D eigenvalue weighted by molar-refractivity contribution is 5.71. The zero-order valence-electron chi connectivity index (χ0n) is 52.5. The van der Waals surface area contributed by atoms with Gasteiger partial charge >= 0.3 is 17.9 Å². The fourth-order valence-electron chi connectivity index (χ4n) is 10.3. The Morgan fingerprint density at radius 1 is 0.256 bits per heavy atom. The minimum Gasteiger partial charge on any atom is -0.462 e. The van der Waals surface area contributed by atoms with Crippen molar-refractivity contribution in [1.82, 2.24) is 0 Å². The Morgan fingerprint density at radius 2 is 0.462 bits per heavy atom. The number of allylic oxidation sites excluding steroid dienone is 8. The molecule has 0 aromatic rings. The van der Waals surface area contributed by atoms with Gasteiger partial charge in [0, 0.05) is 19.3 Å². The molecule has 0 saturated heterocycles. The quantitative estimate of drug-likeness (QED) is 0.0261. The van der Waals surface area contributed by atoms with Gasteiger partial charge in [-0.3, -0.25) is 14.4 Å². The van der Waals surface area contributed by atoms with Crippen molar-refractivity contribution in [3.05, 3.63) is 48.6 Å². The molecule has 0 radical (unpaired) electrons. The largest absolute Gasteiger partial charge is 0.462 e. The lowest BCUT2D eigenvalue weighted by Crippen LogP contribution is -2.30. The lowest BCUT2D eigenvalue weighted by Gasteiger charge is -2.18. The van der Waals surface area contributed by atoms with Crippen molar-refractivity contribution >= 4 is 17.9 Å². The molecular weight excluding hydrogens is 961 g/mol. The predicted molar refractivity (Wildman–Crippen MR) is 339 cm³/mol. The summed E-state index contributed by atoms with van der Waals surface area (Å²) >= 11 is 0. The van der Waals surface area contributed by atoms with E-state index in [9.17, 15) is 14.4 Å². The van der Waals surface area contributed by atoms with Crippen molar-refractivity contribution in [3.63, 3.8) is 0 Å². The van der Waals surface area contributed by atoms with Crippen molar-refractivity contribution in [1.29, 1.82) is 0 Å². The fraction of sp³-hybridized carbons (Fsp3) is 0.847. The van der Waals surface area contributed by atoms with Crippen molar-refractivity contribution in [3.8, 4) is 0 Å². The average molecular weight is 1090 g/mol. The van der Waals surface area contributed by atoms with Crippen LogP contribution in [0.1, 0.15) is 374 Å². The highest BCUT2D eigenvalue weighted by Gasteiger charge is 2.19. The molecule has 0 rings (SSSR count). The van der Waals surface area contributed by atoms with E-state index in [0.717, 1.165) is 89.9 Å². The summed E-state index contributed by atoms with van der Waals surface area (Å²) in [5, 5.41) is 0. The molecule has 0 saturated carbocycles. The number of carbonyl (C=O) groups is 3. The molecule has 6 heteroatoms. The van der Waals surface area contributed by atoms with Gasteiger partial charge in [0.05, 0.1) is 0 Å². The van der Waals surface area contributed by atoms with E-state index in [2.05, 4.69) is 69.4 Å². The van der Waals surface area contributed by atoms with Crippen LogP contribution in [-0.4, -0.2) is 37.2 Å². The summed E-state index contributed by atoms with van der Waals surface area (Å²) in [7, 11) is 0. The topological polar surface area (TPSA) is 78.9 Å². The number of hydrogen-bond acceptors (Lipinski definition) is 6. The maximum absolute atomic E-state index is 12.9. The highest BCUT2D eigenvalue weighted by atomic mass is 16.6. The van der Waals surface area contributed by atoms with Gasteiger partial charge < -0.3 is 14.2 Å². The predicted octanol–water partition coefficient (Wildman–Crippen LogP) is 23.7. The van der Waals surface area contributed by atoms with Crippen LogP contribution >= 0.6 is 0 Å². The monoisotopic (exact) mass is 1090 g/mol. The molecule has 0 fully saturated rings. The summed E-state index contributed by atoms with van der Waals surface area (Å²) < 4.78 is 16.9. The van der Waals surface area contributed by atoms with E-state index in [1.54, 1.807) is 0 Å². The van der Waals surface area contributed by atoms with E-state index >= 15 is 0 Å². The molecule has 0 aliphatic carbocycles. The SMILES string of the molecule is CCCCC/C=C\C/C=C\CCCCCCCC(=O)OC(COC(=O)CCCCCCCCCCCC)COC(=O)CCCCCCCCCCCCCCCCCCCCCCCCC/C=C\C/C=C\CCCCCCC. The van der Waals surface area contributed by atoms with Crippen molar-refractivity contribution in [2.75, 3.05) is 13.2 Å². The van der Waals surface area contributed by atoms with Crippen LogP contribution in [0, 0.1) is 0 Å². The Morgan fingerprint density at radius 3 is 0.731 bits per heavy atom. The summed E-state index contributed by atoms with van der Waals surface area (Å²) in [6, 6.07) is 0. The van der Waals surface area contributed by atoms with E-state index in [4.69, 9.17) is 14.2 Å². The number of carbonyl (C=O) groups excluding carboxylic acids is 3. The Hall–Kier alpha value is -2.63. The van der Waals surface area contributed by atoms with Gasteiger partial charge in [-0.05, 0) is 83.5 Å². The van der Waals surface area contributed by atoms with E-state index in [0.29, 0.717) is 19.3 Å². The van der Waals surface area contributed by atoms with Crippen LogP contribution in [0.5, 0.6) is 0 Å². The number of rotatable bonds is 64. The minimum absolute atomic E-state index is 0.0736. The summed E-state index contributed by atoms with van der Waals surface area (Å²) in [5.74, 6) is -0.868. The first-order valence-electron chi connectivity index (χ1n) is 34.6. The first-order valence-corrected chi connectivity index (χ1v) is 34.6. The van der Waals surface area contributed by atoms with Crippen LogP contribution in [-0.2, 0) is 28.6 Å². The van der Waals surface area contributed by atoms with Gasteiger partial charge in [-0.25, -0.2) is 0 Å². The van der Waals surface area contributed by atoms with Crippen LogP contribution in [0.25, 0.3) is 0 Å². The van der Waals surface area contributed by atoms with Gasteiger partial charge in [0.15, 0.2) is 6.10 Å². The number of unbranched alkanes of at least 4 members (excludes halogenated alkanes) is 45. The third-order valence-corrected chi connectivity index (χ3v) is 15.6. The summed E-state index contributed by atoms with van der Waals surface area (Å²) in [6.45, 7) is 6.63. The third kappa shape index (κ3) is 64.2. The Balaban J connectivity index is 4.00. The van der Waals surface area contributed by atoms with Crippen molar-refractivity contribution in [2.24, 2.45) is 0 Å². The molecule has 0 aliphatic heterocycles. The van der Waals surface area contributed by atoms with Gasteiger partial charge in [-0.2, -0.15) is 0 Å². The fourth-order valence-corrected chi connectivity index (χ4v) is 10.3. The second kappa shape index (κ2) is 66.9. The first-order chi connectivity index (χ1) is 38.5. The van der Waals surface area contributed by atoms with E-state index < -0.39 is 6.10 Å². The number of ether oxygens (including phenoxy) is 3. The van der Waals surface area contributed by atoms with Crippen LogP contribution in [0.2, 0.25) is 0 Å². The molecule has 0 aliphatic rings. The van der Waals surface area contributed by atoms with Gasteiger partial charge in [0.1, 0.15) is 13.2 Å². The summed E-state index contributed by atoms with van der Waals surface area (Å²) in [4.78, 5) is 38.2. The maximum Gasteiger partial charge on any atom is 0.306 e. The Labute approximate surface area is 486 Å². The van der Waals surface area contributed by atoms with Gasteiger partial charge in [-0.1, -0.05) is 320 Å². The molecular formula is C72H132O6. The average Bonchev–Trinajstić information content (AvgIpc) is 3.44. The van der Waals surface area contributed by atoms with Gasteiger partial charge in [-0.15, -0.1) is 0 Å². The number of hydrogen-bond donors (Lipinski definition) is 0. The van der Waals surface area contributed by atoms with Crippen LogP contribution in [0.3, 0.4) is 0 Å². The van der Waals surface area contributed by atoms with E-state index in [-0.39, 0.29) is 31.1 Å². The molecule has 0 aromatic heterocycles. The second-order valence-corrected chi connectivity index (χ2v) is 23.4. The summed E-state index contributed by atoms with van der Waals surface area (Å²) in [5.41, 5.74) is 0. The molecule has 1 unspecified atom stereocenters. The lowest BCUT2D eigenvalue weighted by atomic mass is 10.0. The smallest absolute Gasteiger partial charge is 0.306 e. The normalized spacial score (nSPS) is 12.3. The highest BCUT2D eigenvalue weighted by Crippen LogP contribution is 2.18. The van der Waals surface area contributed by atoms with Gasteiger partial charge in [0.25, 0.3) is 0 Å². The van der Waals surface area contributed by atoms with E-state index in [1.165, 1.54) is 244 Å². The van der Waals surface area contributed by atoms with E-state index in [1.807, 2.05) is 0 Å². The Kier molecular flexibility index (Phi) is 64.6. The van der Waals surface area contributed by atoms with Crippen LogP contribution < -0.4 is 0 Å². The Bertz CT molecular complexity index is 1350. The van der Waals surface area contributed by atoms with Crippen LogP contribution in [0.4, 0.5) is 0 Å². The second-order valence-electron chi connectivity index (χ2n) is 23.4. The molecule has 0 bridgehead atoms. The van der Waals surface area contributed by atoms with Crippen molar-refractivity contribution in [2.45, 2.75) is 380 Å². The molecule has 0 amide bonds. The zero-order chi connectivity index (χ0) is 56.4. The zero-order valence-corrected chi connectivity index (χ0v) is 52.5. The molecule has 0 heterocycles. The minimum atomic E-state index is -0.776. The molecule has 78 heavy (non-hydrogen) atoms. The van der Waals surface area contributed by atoms with Gasteiger partial charge in [0.2, 0.25) is 0 Å². The molecule has 0 N–H and O–H groups in total. The van der Waals surface area contributed by atoms with Crippen LogP contribution in [0.15, 0.2) is 48.6 Å². The summed E-state index contributed by atoms with van der Waals surface area (Å²) in [6.07, 6.45) is 84.5. The lowest BCUT2D eigenvalue weighted by molar-refractivity contribution is -0.167. The molecule has 6 nitrogen and oxygen atoms in total. The molecule has 456 valence electrons. The molecule has 0 spiro atoms. The first kappa shape index (κ1) is 75.4. The maximum atomic E-state index is 12.9.